The summed E-state index contributed by atoms with van der Waals surface area (Å²) in [7, 11) is 1.63. The van der Waals surface area contributed by atoms with Crippen LogP contribution in [-0.2, 0) is 0 Å². The molecule has 2 aromatic rings. The molecule has 136 valence electrons. The van der Waals surface area contributed by atoms with E-state index in [9.17, 15) is 4.79 Å². The first-order valence-corrected chi connectivity index (χ1v) is 8.90. The average Bonchev–Trinajstić information content (AvgIpc) is 2.68. The fourth-order valence-electron chi connectivity index (χ4n) is 2.89. The number of ether oxygens (including phenoxy) is 1. The Morgan fingerprint density at radius 2 is 1.88 bits per heavy atom. The third-order valence-electron chi connectivity index (χ3n) is 4.32. The van der Waals surface area contributed by atoms with Gasteiger partial charge in [0.25, 0.3) is 0 Å². The van der Waals surface area contributed by atoms with E-state index in [0.717, 1.165) is 35.1 Å². The Balaban J connectivity index is 1.50. The molecule has 2 amide bonds. The number of hydrogen-bond donors (Lipinski definition) is 1. The van der Waals surface area contributed by atoms with Crippen molar-refractivity contribution in [3.05, 3.63) is 65.3 Å². The number of carbonyl (C=O) groups excluding carboxylic acids is 1. The van der Waals surface area contributed by atoms with Gasteiger partial charge < -0.3 is 19.9 Å². The highest BCUT2D eigenvalue weighted by molar-refractivity contribution is 6.30. The molecule has 1 aliphatic heterocycles. The first-order chi connectivity index (χ1) is 12.7. The summed E-state index contributed by atoms with van der Waals surface area (Å²) < 4.78 is 5.19. The van der Waals surface area contributed by atoms with Gasteiger partial charge in [0.15, 0.2) is 0 Å². The third-order valence-corrected chi connectivity index (χ3v) is 4.55. The molecular weight excluding hydrogens is 350 g/mol. The molecule has 1 saturated heterocycles. The number of nitrogens with zero attached hydrogens (tertiary/aromatic N) is 2. The predicted molar refractivity (Wildman–Crippen MR) is 106 cm³/mol. The van der Waals surface area contributed by atoms with E-state index in [0.29, 0.717) is 13.1 Å². The minimum Gasteiger partial charge on any atom is -0.497 e. The summed E-state index contributed by atoms with van der Waals surface area (Å²) in [6.07, 6.45) is 3.52. The summed E-state index contributed by atoms with van der Waals surface area (Å²) in [5.41, 5.74) is 2.06. The zero-order valence-electron chi connectivity index (χ0n) is 14.7. The van der Waals surface area contributed by atoms with Gasteiger partial charge in [0, 0.05) is 43.1 Å². The minimum atomic E-state index is -0.0881. The molecule has 6 heteroatoms. The Morgan fingerprint density at radius 3 is 2.62 bits per heavy atom. The quantitative estimate of drug-likeness (QED) is 0.887. The number of urea groups is 1. The van der Waals surface area contributed by atoms with Crippen LogP contribution in [0.1, 0.15) is 5.56 Å². The topological polar surface area (TPSA) is 44.8 Å². The second-order valence-corrected chi connectivity index (χ2v) is 6.45. The maximum absolute atomic E-state index is 12.3. The van der Waals surface area contributed by atoms with Gasteiger partial charge in [-0.2, -0.15) is 0 Å². The minimum absolute atomic E-state index is 0.0881. The van der Waals surface area contributed by atoms with E-state index in [2.05, 4.69) is 10.2 Å². The Hall–Kier alpha value is -2.66. The first-order valence-electron chi connectivity index (χ1n) is 8.52. The van der Waals surface area contributed by atoms with Gasteiger partial charge in [0.1, 0.15) is 5.75 Å². The zero-order valence-corrected chi connectivity index (χ0v) is 15.4. The Kier molecular flexibility index (Phi) is 6.02. The van der Waals surface area contributed by atoms with Crippen LogP contribution >= 0.6 is 11.6 Å². The van der Waals surface area contributed by atoms with E-state index in [-0.39, 0.29) is 6.03 Å². The second-order valence-electron chi connectivity index (χ2n) is 6.01. The molecule has 26 heavy (non-hydrogen) atoms. The highest BCUT2D eigenvalue weighted by atomic mass is 35.5. The lowest BCUT2D eigenvalue weighted by Gasteiger charge is -2.35. The molecule has 0 atom stereocenters. The molecule has 1 aliphatic rings. The maximum atomic E-state index is 12.3. The number of rotatable bonds is 4. The molecule has 0 radical (unpaired) electrons. The highest BCUT2D eigenvalue weighted by Gasteiger charge is 2.20. The van der Waals surface area contributed by atoms with Gasteiger partial charge in [-0.15, -0.1) is 0 Å². The number of hydrogen-bond acceptors (Lipinski definition) is 3. The fourth-order valence-corrected chi connectivity index (χ4v) is 3.07. The summed E-state index contributed by atoms with van der Waals surface area (Å²) in [5, 5.41) is 3.56. The van der Waals surface area contributed by atoms with E-state index >= 15 is 0 Å². The van der Waals surface area contributed by atoms with E-state index in [1.807, 2.05) is 59.5 Å². The van der Waals surface area contributed by atoms with Crippen LogP contribution in [0.5, 0.6) is 5.75 Å². The Morgan fingerprint density at radius 1 is 1.12 bits per heavy atom. The molecule has 1 N–H and O–H groups in total. The lowest BCUT2D eigenvalue weighted by atomic mass is 10.2. The van der Waals surface area contributed by atoms with Crippen LogP contribution in [0.4, 0.5) is 10.5 Å². The van der Waals surface area contributed by atoms with Crippen molar-refractivity contribution in [1.29, 1.82) is 0 Å². The number of benzene rings is 2. The maximum Gasteiger partial charge on any atom is 0.321 e. The summed E-state index contributed by atoms with van der Waals surface area (Å²) in [6.45, 7) is 2.91. The van der Waals surface area contributed by atoms with Crippen LogP contribution in [0.15, 0.2) is 54.7 Å². The number of piperazine rings is 1. The van der Waals surface area contributed by atoms with Gasteiger partial charge in [0.2, 0.25) is 0 Å². The predicted octanol–water partition coefficient (Wildman–Crippen LogP) is 3.85. The summed E-state index contributed by atoms with van der Waals surface area (Å²) in [5.74, 6) is 0.788. The molecule has 0 bridgehead atoms. The number of nitrogens with one attached hydrogen (secondary N) is 1. The van der Waals surface area contributed by atoms with Crippen LogP contribution in [0.2, 0.25) is 5.02 Å². The van der Waals surface area contributed by atoms with Crippen molar-refractivity contribution in [3.63, 3.8) is 0 Å². The lowest BCUT2D eigenvalue weighted by molar-refractivity contribution is 0.198. The molecule has 0 unspecified atom stereocenters. The van der Waals surface area contributed by atoms with E-state index in [4.69, 9.17) is 16.3 Å². The molecule has 0 saturated carbocycles. The largest absolute Gasteiger partial charge is 0.497 e. The van der Waals surface area contributed by atoms with Crippen molar-refractivity contribution < 1.29 is 9.53 Å². The van der Waals surface area contributed by atoms with Crippen molar-refractivity contribution >= 4 is 29.4 Å². The molecule has 2 aromatic carbocycles. The first kappa shape index (κ1) is 18.1. The SMILES string of the molecule is COc1cccc(/C=C/NC(=O)N2CCN(c3cccc(Cl)c3)CC2)c1. The Bertz CT molecular complexity index is 786. The molecule has 1 heterocycles. The van der Waals surface area contributed by atoms with E-state index < -0.39 is 0 Å². The average molecular weight is 372 g/mol. The van der Waals surface area contributed by atoms with Crippen molar-refractivity contribution in [2.75, 3.05) is 38.2 Å². The summed E-state index contributed by atoms with van der Waals surface area (Å²) in [6, 6.07) is 15.4. The van der Waals surface area contributed by atoms with E-state index in [1.54, 1.807) is 13.3 Å². The fraction of sp³-hybridized carbons (Fsp3) is 0.250. The molecule has 5 nitrogen and oxygen atoms in total. The van der Waals surface area contributed by atoms with Gasteiger partial charge in [-0.1, -0.05) is 29.8 Å². The normalized spacial score (nSPS) is 14.5. The van der Waals surface area contributed by atoms with Crippen molar-refractivity contribution in [2.45, 2.75) is 0 Å². The molecule has 0 spiro atoms. The molecule has 1 fully saturated rings. The highest BCUT2D eigenvalue weighted by Crippen LogP contribution is 2.20. The molecular formula is C20H22ClN3O2. The molecule has 0 aromatic heterocycles. The van der Waals surface area contributed by atoms with Gasteiger partial charge in [-0.25, -0.2) is 4.79 Å². The van der Waals surface area contributed by atoms with Crippen LogP contribution in [0.25, 0.3) is 6.08 Å². The third kappa shape index (κ3) is 4.70. The second kappa shape index (κ2) is 8.63. The van der Waals surface area contributed by atoms with E-state index in [1.165, 1.54) is 0 Å². The molecule has 3 rings (SSSR count). The lowest BCUT2D eigenvalue weighted by Crippen LogP contribution is -2.51. The number of carbonyl (C=O) groups is 1. The standard InChI is InChI=1S/C20H22ClN3O2/c1-26-19-7-2-4-16(14-19)8-9-22-20(25)24-12-10-23(11-13-24)18-6-3-5-17(21)15-18/h2-9,14-15H,10-13H2,1H3,(H,22,25)/b9-8+. The zero-order chi connectivity index (χ0) is 18.4. The number of methoxy groups -OCH3 is 1. The van der Waals surface area contributed by atoms with Crippen LogP contribution in [0, 0.1) is 0 Å². The van der Waals surface area contributed by atoms with Gasteiger partial charge in [-0.3, -0.25) is 0 Å². The monoisotopic (exact) mass is 371 g/mol. The smallest absolute Gasteiger partial charge is 0.321 e. The van der Waals surface area contributed by atoms with Gasteiger partial charge in [-0.05, 0) is 42.0 Å². The van der Waals surface area contributed by atoms with Crippen LogP contribution in [-0.4, -0.2) is 44.2 Å². The number of amides is 2. The van der Waals surface area contributed by atoms with Gasteiger partial charge >= 0.3 is 6.03 Å². The molecule has 0 aliphatic carbocycles. The Labute approximate surface area is 158 Å². The van der Waals surface area contributed by atoms with Crippen LogP contribution in [0.3, 0.4) is 0 Å². The van der Waals surface area contributed by atoms with Gasteiger partial charge in [0.05, 0.1) is 7.11 Å². The number of anilines is 1. The van der Waals surface area contributed by atoms with Crippen molar-refractivity contribution in [1.82, 2.24) is 10.2 Å². The van der Waals surface area contributed by atoms with Crippen molar-refractivity contribution in [2.24, 2.45) is 0 Å². The summed E-state index contributed by atoms with van der Waals surface area (Å²) in [4.78, 5) is 16.4. The van der Waals surface area contributed by atoms with Crippen LogP contribution < -0.4 is 15.0 Å². The van der Waals surface area contributed by atoms with Crippen molar-refractivity contribution in [3.8, 4) is 5.75 Å². The summed E-state index contributed by atoms with van der Waals surface area (Å²) >= 11 is 6.05. The number of halogens is 1.